The standard InChI is InChI=1S/C19H29ClN2O2/c1-3-21-14-16-6-4-15(5-7-16)12-13-22(2)19(23)24-18-10-8-17(20)9-11-18/h8-11,15-16,21H,3-7,12-14H2,1-2H3/t15-,16-. The van der Waals surface area contributed by atoms with Gasteiger partial charge in [-0.2, -0.15) is 0 Å². The SMILES string of the molecule is CCNC[C@H]1CC[C@H](CCN(C)C(=O)Oc2ccc(Cl)cc2)CC1. The van der Waals surface area contributed by atoms with Gasteiger partial charge in [0.25, 0.3) is 0 Å². The molecule has 0 atom stereocenters. The van der Waals surface area contributed by atoms with Crippen LogP contribution >= 0.6 is 11.6 Å². The number of carbonyl (C=O) groups is 1. The third-order valence-corrected chi connectivity index (χ3v) is 5.10. The molecule has 1 N–H and O–H groups in total. The summed E-state index contributed by atoms with van der Waals surface area (Å²) in [6.07, 6.45) is 5.90. The van der Waals surface area contributed by atoms with Crippen molar-refractivity contribution in [3.8, 4) is 5.75 Å². The molecule has 0 radical (unpaired) electrons. The van der Waals surface area contributed by atoms with Crippen LogP contribution in [0.15, 0.2) is 24.3 Å². The molecule has 1 saturated carbocycles. The summed E-state index contributed by atoms with van der Waals surface area (Å²) in [6.45, 7) is 5.11. The van der Waals surface area contributed by atoms with E-state index in [-0.39, 0.29) is 6.09 Å². The fourth-order valence-corrected chi connectivity index (χ4v) is 3.35. The van der Waals surface area contributed by atoms with Crippen molar-refractivity contribution in [2.24, 2.45) is 11.8 Å². The lowest BCUT2D eigenvalue weighted by Gasteiger charge is -2.29. The Balaban J connectivity index is 1.66. The molecule has 1 amide bonds. The molecule has 134 valence electrons. The minimum absolute atomic E-state index is 0.307. The summed E-state index contributed by atoms with van der Waals surface area (Å²) in [4.78, 5) is 13.8. The van der Waals surface area contributed by atoms with Gasteiger partial charge < -0.3 is 15.0 Å². The van der Waals surface area contributed by atoms with Gasteiger partial charge in [0, 0.05) is 18.6 Å². The van der Waals surface area contributed by atoms with E-state index < -0.39 is 0 Å². The van der Waals surface area contributed by atoms with Gasteiger partial charge in [-0.05, 0) is 68.5 Å². The summed E-state index contributed by atoms with van der Waals surface area (Å²) in [5, 5.41) is 4.08. The van der Waals surface area contributed by atoms with E-state index in [9.17, 15) is 4.79 Å². The molecule has 2 rings (SSSR count). The second-order valence-corrected chi connectivity index (χ2v) is 7.16. The smallest absolute Gasteiger partial charge is 0.410 e. The van der Waals surface area contributed by atoms with E-state index >= 15 is 0 Å². The first-order valence-corrected chi connectivity index (χ1v) is 9.35. The summed E-state index contributed by atoms with van der Waals surface area (Å²) in [5.41, 5.74) is 0. The number of benzene rings is 1. The lowest BCUT2D eigenvalue weighted by molar-refractivity contribution is 0.156. The Morgan fingerprint density at radius 1 is 1.21 bits per heavy atom. The lowest BCUT2D eigenvalue weighted by atomic mass is 9.80. The van der Waals surface area contributed by atoms with Gasteiger partial charge in [0.15, 0.2) is 0 Å². The van der Waals surface area contributed by atoms with E-state index in [1.807, 2.05) is 0 Å². The monoisotopic (exact) mass is 352 g/mol. The Morgan fingerprint density at radius 3 is 2.46 bits per heavy atom. The minimum atomic E-state index is -0.307. The van der Waals surface area contributed by atoms with Crippen LogP contribution in [-0.4, -0.2) is 37.7 Å². The number of nitrogens with zero attached hydrogens (tertiary/aromatic N) is 1. The molecule has 1 fully saturated rings. The van der Waals surface area contributed by atoms with E-state index in [2.05, 4.69) is 12.2 Å². The van der Waals surface area contributed by atoms with E-state index in [0.717, 1.165) is 37.9 Å². The molecular formula is C19H29ClN2O2. The zero-order valence-electron chi connectivity index (χ0n) is 14.8. The molecule has 5 heteroatoms. The van der Waals surface area contributed by atoms with Crippen LogP contribution in [0.25, 0.3) is 0 Å². The Labute approximate surface area is 150 Å². The molecule has 0 aromatic heterocycles. The Bertz CT molecular complexity index is 499. The minimum Gasteiger partial charge on any atom is -0.410 e. The number of carbonyl (C=O) groups excluding carboxylic acids is 1. The van der Waals surface area contributed by atoms with Crippen LogP contribution in [0.3, 0.4) is 0 Å². The molecule has 1 aromatic rings. The lowest BCUT2D eigenvalue weighted by Crippen LogP contribution is -2.32. The summed E-state index contributed by atoms with van der Waals surface area (Å²) in [7, 11) is 1.80. The number of hydrogen-bond donors (Lipinski definition) is 1. The molecule has 4 nitrogen and oxygen atoms in total. The molecule has 1 aromatic carbocycles. The van der Waals surface area contributed by atoms with Crippen molar-refractivity contribution >= 4 is 17.7 Å². The zero-order valence-corrected chi connectivity index (χ0v) is 15.5. The second kappa shape index (κ2) is 9.90. The Kier molecular flexibility index (Phi) is 7.86. The van der Waals surface area contributed by atoms with E-state index in [4.69, 9.17) is 16.3 Å². The van der Waals surface area contributed by atoms with Gasteiger partial charge >= 0.3 is 6.09 Å². The summed E-state index contributed by atoms with van der Waals surface area (Å²) < 4.78 is 5.35. The second-order valence-electron chi connectivity index (χ2n) is 6.73. The van der Waals surface area contributed by atoms with Gasteiger partial charge in [0.2, 0.25) is 0 Å². The van der Waals surface area contributed by atoms with Crippen LogP contribution in [0.5, 0.6) is 5.75 Å². The number of halogens is 1. The van der Waals surface area contributed by atoms with Crippen molar-refractivity contribution in [3.63, 3.8) is 0 Å². The fraction of sp³-hybridized carbons (Fsp3) is 0.632. The van der Waals surface area contributed by atoms with Crippen molar-refractivity contribution in [2.45, 2.75) is 39.0 Å². The van der Waals surface area contributed by atoms with Gasteiger partial charge in [-0.1, -0.05) is 31.4 Å². The topological polar surface area (TPSA) is 41.6 Å². The first-order chi connectivity index (χ1) is 11.6. The molecular weight excluding hydrogens is 324 g/mol. The van der Waals surface area contributed by atoms with E-state index in [1.54, 1.807) is 36.2 Å². The third-order valence-electron chi connectivity index (χ3n) is 4.85. The maximum atomic E-state index is 12.1. The molecule has 0 bridgehead atoms. The van der Waals surface area contributed by atoms with Crippen LogP contribution in [0, 0.1) is 11.8 Å². The highest BCUT2D eigenvalue weighted by Gasteiger charge is 2.22. The largest absolute Gasteiger partial charge is 0.414 e. The Hall–Kier alpha value is -1.26. The van der Waals surface area contributed by atoms with Gasteiger partial charge in [-0.3, -0.25) is 0 Å². The molecule has 1 aliphatic rings. The van der Waals surface area contributed by atoms with E-state index in [1.165, 1.54) is 25.7 Å². The highest BCUT2D eigenvalue weighted by atomic mass is 35.5. The number of amides is 1. The number of ether oxygens (including phenoxy) is 1. The average Bonchev–Trinajstić information content (AvgIpc) is 2.60. The molecule has 0 heterocycles. The van der Waals surface area contributed by atoms with Gasteiger partial charge in [-0.15, -0.1) is 0 Å². The van der Waals surface area contributed by atoms with E-state index in [0.29, 0.717) is 10.8 Å². The summed E-state index contributed by atoms with van der Waals surface area (Å²) in [6, 6.07) is 6.85. The number of nitrogens with one attached hydrogen (secondary N) is 1. The van der Waals surface area contributed by atoms with Crippen LogP contribution in [0.4, 0.5) is 4.79 Å². The summed E-state index contributed by atoms with van der Waals surface area (Å²) >= 11 is 5.83. The van der Waals surface area contributed by atoms with Crippen molar-refractivity contribution in [1.82, 2.24) is 10.2 Å². The first kappa shape index (κ1) is 19.1. The van der Waals surface area contributed by atoms with Gasteiger partial charge in [0.05, 0.1) is 0 Å². The normalized spacial score (nSPS) is 20.6. The number of rotatable bonds is 7. The van der Waals surface area contributed by atoms with Crippen molar-refractivity contribution in [2.75, 3.05) is 26.7 Å². The zero-order chi connectivity index (χ0) is 17.4. The maximum Gasteiger partial charge on any atom is 0.414 e. The molecule has 24 heavy (non-hydrogen) atoms. The quantitative estimate of drug-likeness (QED) is 0.781. The molecule has 0 spiro atoms. The highest BCUT2D eigenvalue weighted by Crippen LogP contribution is 2.30. The highest BCUT2D eigenvalue weighted by molar-refractivity contribution is 6.30. The van der Waals surface area contributed by atoms with Gasteiger partial charge in [0.1, 0.15) is 5.75 Å². The maximum absolute atomic E-state index is 12.1. The van der Waals surface area contributed by atoms with Crippen LogP contribution in [0.2, 0.25) is 5.02 Å². The average molecular weight is 353 g/mol. The molecule has 0 aliphatic heterocycles. The predicted molar refractivity (Wildman–Crippen MR) is 98.7 cm³/mol. The Morgan fingerprint density at radius 2 is 1.83 bits per heavy atom. The van der Waals surface area contributed by atoms with Crippen LogP contribution in [-0.2, 0) is 0 Å². The van der Waals surface area contributed by atoms with Crippen LogP contribution < -0.4 is 10.1 Å². The summed E-state index contributed by atoms with van der Waals surface area (Å²) in [5.74, 6) is 2.09. The molecule has 0 unspecified atom stereocenters. The van der Waals surface area contributed by atoms with Gasteiger partial charge in [-0.25, -0.2) is 4.79 Å². The van der Waals surface area contributed by atoms with Crippen LogP contribution in [0.1, 0.15) is 39.0 Å². The predicted octanol–water partition coefficient (Wildman–Crippen LogP) is 4.58. The molecule has 0 saturated heterocycles. The number of hydrogen-bond acceptors (Lipinski definition) is 3. The van der Waals surface area contributed by atoms with Crippen molar-refractivity contribution < 1.29 is 9.53 Å². The fourth-order valence-electron chi connectivity index (χ4n) is 3.22. The third kappa shape index (κ3) is 6.33. The first-order valence-electron chi connectivity index (χ1n) is 8.97. The molecule has 1 aliphatic carbocycles. The van der Waals surface area contributed by atoms with Crippen molar-refractivity contribution in [3.05, 3.63) is 29.3 Å². The van der Waals surface area contributed by atoms with Crippen molar-refractivity contribution in [1.29, 1.82) is 0 Å².